The van der Waals surface area contributed by atoms with Crippen molar-refractivity contribution in [3.63, 3.8) is 0 Å². The first-order valence-electron chi connectivity index (χ1n) is 7.78. The van der Waals surface area contributed by atoms with Gasteiger partial charge < -0.3 is 10.6 Å². The van der Waals surface area contributed by atoms with E-state index in [0.717, 1.165) is 0 Å². The molecule has 27 heavy (non-hydrogen) atoms. The lowest BCUT2D eigenvalue weighted by Gasteiger charge is -2.09. The summed E-state index contributed by atoms with van der Waals surface area (Å²) in [5.41, 5.74) is 1.79. The highest BCUT2D eigenvalue weighted by molar-refractivity contribution is 6.31. The number of aromatic nitrogens is 3. The molecule has 0 bridgehead atoms. The Kier molecular flexibility index (Phi) is 4.55. The first kappa shape index (κ1) is 17.5. The van der Waals surface area contributed by atoms with Crippen LogP contribution in [0.1, 0.15) is 0 Å². The average molecular weight is 406 g/mol. The summed E-state index contributed by atoms with van der Waals surface area (Å²) in [6.07, 6.45) is 1.60. The van der Waals surface area contributed by atoms with E-state index in [1.54, 1.807) is 35.0 Å². The Morgan fingerprint density at radius 2 is 1.44 bits per heavy atom. The second-order valence-corrected chi connectivity index (χ2v) is 6.45. The molecule has 4 aromatic rings. The summed E-state index contributed by atoms with van der Waals surface area (Å²) >= 11 is 11.6. The van der Waals surface area contributed by atoms with E-state index in [-0.39, 0.29) is 10.0 Å². The lowest BCUT2D eigenvalue weighted by Crippen LogP contribution is -2.02. The zero-order chi connectivity index (χ0) is 19.0. The molecule has 2 aromatic carbocycles. The van der Waals surface area contributed by atoms with Crippen LogP contribution in [0.5, 0.6) is 0 Å². The van der Waals surface area contributed by atoms with Crippen molar-refractivity contribution in [3.05, 3.63) is 76.4 Å². The highest BCUT2D eigenvalue weighted by Crippen LogP contribution is 2.25. The van der Waals surface area contributed by atoms with Crippen LogP contribution in [0.2, 0.25) is 10.0 Å². The number of halogens is 4. The molecule has 5 nitrogen and oxygen atoms in total. The summed E-state index contributed by atoms with van der Waals surface area (Å²) in [5, 5.41) is 10.6. The van der Waals surface area contributed by atoms with Gasteiger partial charge in [-0.15, -0.1) is 5.10 Å². The van der Waals surface area contributed by atoms with Gasteiger partial charge in [0, 0.05) is 11.4 Å². The van der Waals surface area contributed by atoms with E-state index in [0.29, 0.717) is 28.7 Å². The smallest absolute Gasteiger partial charge is 0.156 e. The van der Waals surface area contributed by atoms with Gasteiger partial charge in [0.25, 0.3) is 0 Å². The Balaban J connectivity index is 1.64. The normalized spacial score (nSPS) is 11.0. The Morgan fingerprint density at radius 1 is 0.815 bits per heavy atom. The van der Waals surface area contributed by atoms with Crippen molar-refractivity contribution in [3.8, 4) is 0 Å². The summed E-state index contributed by atoms with van der Waals surface area (Å²) in [6, 6.07) is 12.1. The van der Waals surface area contributed by atoms with Crippen molar-refractivity contribution in [2.45, 2.75) is 0 Å². The van der Waals surface area contributed by atoms with Gasteiger partial charge in [-0.25, -0.2) is 13.8 Å². The molecule has 0 aliphatic carbocycles. The maximum Gasteiger partial charge on any atom is 0.156 e. The van der Waals surface area contributed by atoms with Gasteiger partial charge in [-0.3, -0.25) is 0 Å². The van der Waals surface area contributed by atoms with Crippen LogP contribution in [0.3, 0.4) is 0 Å². The molecule has 4 rings (SSSR count). The summed E-state index contributed by atoms with van der Waals surface area (Å²) in [6.45, 7) is 0. The van der Waals surface area contributed by atoms with Crippen LogP contribution in [-0.2, 0) is 0 Å². The number of rotatable bonds is 4. The molecule has 9 heteroatoms. The van der Waals surface area contributed by atoms with Crippen LogP contribution in [0, 0.1) is 11.6 Å². The van der Waals surface area contributed by atoms with Crippen LogP contribution < -0.4 is 10.6 Å². The predicted octanol–water partition coefficient (Wildman–Crippen LogP) is 5.80. The molecule has 2 N–H and O–H groups in total. The summed E-state index contributed by atoms with van der Waals surface area (Å²) in [4.78, 5) is 4.26. The molecule has 0 saturated heterocycles. The van der Waals surface area contributed by atoms with Crippen molar-refractivity contribution in [2.24, 2.45) is 0 Å². The Bertz CT molecular complexity index is 1150. The van der Waals surface area contributed by atoms with Crippen molar-refractivity contribution in [1.29, 1.82) is 0 Å². The van der Waals surface area contributed by atoms with Gasteiger partial charge >= 0.3 is 0 Å². The predicted molar refractivity (Wildman–Crippen MR) is 102 cm³/mol. The van der Waals surface area contributed by atoms with Gasteiger partial charge in [0.2, 0.25) is 0 Å². The summed E-state index contributed by atoms with van der Waals surface area (Å²) < 4.78 is 28.2. The molecule has 0 aliphatic heterocycles. The first-order valence-corrected chi connectivity index (χ1v) is 8.54. The fraction of sp³-hybridized carbons (Fsp3) is 0. The molecule has 0 radical (unpaired) electrons. The molecule has 0 saturated carbocycles. The fourth-order valence-electron chi connectivity index (χ4n) is 2.47. The van der Waals surface area contributed by atoms with Crippen LogP contribution in [-0.4, -0.2) is 14.6 Å². The van der Waals surface area contributed by atoms with Gasteiger partial charge in [0.1, 0.15) is 11.6 Å². The number of anilines is 4. The molecule has 136 valence electrons. The molecule has 2 heterocycles. The second kappa shape index (κ2) is 7.02. The number of nitrogens with zero attached hydrogens (tertiary/aromatic N) is 3. The quantitative estimate of drug-likeness (QED) is 0.450. The largest absolute Gasteiger partial charge is 0.339 e. The third kappa shape index (κ3) is 3.65. The number of benzene rings is 2. The van der Waals surface area contributed by atoms with Gasteiger partial charge in [0.05, 0.1) is 16.2 Å². The van der Waals surface area contributed by atoms with Crippen molar-refractivity contribution in [1.82, 2.24) is 14.6 Å². The maximum atomic E-state index is 13.3. The number of hydrogen-bond donors (Lipinski definition) is 2. The molecule has 0 atom stereocenters. The Hall–Kier alpha value is -2.90. The van der Waals surface area contributed by atoms with Crippen molar-refractivity contribution in [2.75, 3.05) is 10.6 Å². The van der Waals surface area contributed by atoms with Gasteiger partial charge in [-0.2, -0.15) is 4.52 Å². The fourth-order valence-corrected chi connectivity index (χ4v) is 2.83. The van der Waals surface area contributed by atoms with Gasteiger partial charge in [-0.05, 0) is 48.5 Å². The van der Waals surface area contributed by atoms with E-state index in [1.165, 1.54) is 24.3 Å². The van der Waals surface area contributed by atoms with E-state index < -0.39 is 11.6 Å². The number of fused-ring (bicyclic) bond motifs is 1. The number of hydrogen-bond acceptors (Lipinski definition) is 4. The molecule has 0 aliphatic rings. The molecular formula is C18H11Cl2F2N5. The Labute approximate surface area is 162 Å². The lowest BCUT2D eigenvalue weighted by molar-refractivity contribution is 0.628. The molecule has 0 fully saturated rings. The lowest BCUT2D eigenvalue weighted by atomic mass is 10.3. The van der Waals surface area contributed by atoms with E-state index in [2.05, 4.69) is 20.7 Å². The zero-order valence-electron chi connectivity index (χ0n) is 13.5. The molecular weight excluding hydrogens is 395 g/mol. The number of nitrogens with one attached hydrogen (secondary N) is 2. The van der Waals surface area contributed by atoms with E-state index in [1.807, 2.05) is 0 Å². The zero-order valence-corrected chi connectivity index (χ0v) is 15.1. The number of imidazole rings is 1. The first-order chi connectivity index (χ1) is 13.0. The van der Waals surface area contributed by atoms with Gasteiger partial charge in [-0.1, -0.05) is 23.2 Å². The summed E-state index contributed by atoms with van der Waals surface area (Å²) in [5.74, 6) is 0.0736. The summed E-state index contributed by atoms with van der Waals surface area (Å²) in [7, 11) is 0. The van der Waals surface area contributed by atoms with Crippen LogP contribution in [0.15, 0.2) is 54.7 Å². The third-order valence-electron chi connectivity index (χ3n) is 3.75. The molecule has 0 unspecified atom stereocenters. The Morgan fingerprint density at radius 3 is 2.07 bits per heavy atom. The minimum atomic E-state index is -0.497. The molecule has 0 amide bonds. The van der Waals surface area contributed by atoms with Crippen LogP contribution in [0.25, 0.3) is 5.65 Å². The maximum absolute atomic E-state index is 13.3. The molecule has 2 aromatic heterocycles. The average Bonchev–Trinajstić information content (AvgIpc) is 3.04. The van der Waals surface area contributed by atoms with E-state index >= 15 is 0 Å². The van der Waals surface area contributed by atoms with Crippen molar-refractivity contribution < 1.29 is 8.78 Å². The SMILES string of the molecule is Fc1ccc(Nc2ccc3ncc(Nc4ccc(F)c(Cl)c4)n3n2)cc1Cl. The highest BCUT2D eigenvalue weighted by Gasteiger charge is 2.09. The van der Waals surface area contributed by atoms with Crippen LogP contribution >= 0.6 is 23.2 Å². The van der Waals surface area contributed by atoms with E-state index in [4.69, 9.17) is 23.2 Å². The standard InChI is InChI=1S/C18H11Cl2F2N5/c19-12-7-10(1-3-14(12)21)24-16-5-6-17-23-9-18(27(17)26-16)25-11-2-4-15(22)13(20)8-11/h1-9,25H,(H,24,26). The third-order valence-corrected chi connectivity index (χ3v) is 4.33. The van der Waals surface area contributed by atoms with Crippen LogP contribution in [0.4, 0.5) is 31.8 Å². The van der Waals surface area contributed by atoms with Crippen molar-refractivity contribution >= 4 is 51.9 Å². The second-order valence-electron chi connectivity index (χ2n) is 5.64. The minimum absolute atomic E-state index is 0.0114. The van der Waals surface area contributed by atoms with Gasteiger partial charge in [0.15, 0.2) is 17.3 Å². The minimum Gasteiger partial charge on any atom is -0.339 e. The highest BCUT2D eigenvalue weighted by atomic mass is 35.5. The van der Waals surface area contributed by atoms with E-state index in [9.17, 15) is 8.78 Å². The topological polar surface area (TPSA) is 54.2 Å². The monoisotopic (exact) mass is 405 g/mol. The molecule has 0 spiro atoms.